The van der Waals surface area contributed by atoms with E-state index in [1.165, 1.54) is 19.3 Å². The molecule has 0 atom stereocenters. The van der Waals surface area contributed by atoms with Gasteiger partial charge in [-0.1, -0.05) is 18.5 Å². The van der Waals surface area contributed by atoms with Crippen LogP contribution in [0, 0.1) is 0 Å². The molecule has 0 saturated carbocycles. The fourth-order valence-electron chi connectivity index (χ4n) is 2.48. The molecular weight excluding hydrogens is 248 g/mol. The van der Waals surface area contributed by atoms with E-state index in [0.717, 1.165) is 31.9 Å². The summed E-state index contributed by atoms with van der Waals surface area (Å²) in [5.41, 5.74) is 1.01. The van der Waals surface area contributed by atoms with Gasteiger partial charge in [-0.2, -0.15) is 0 Å². The van der Waals surface area contributed by atoms with Gasteiger partial charge < -0.3 is 5.32 Å². The van der Waals surface area contributed by atoms with Crippen molar-refractivity contribution in [2.45, 2.75) is 38.8 Å². The number of piperidine rings is 1. The van der Waals surface area contributed by atoms with Crippen molar-refractivity contribution >= 4 is 11.6 Å². The zero-order valence-electron chi connectivity index (χ0n) is 10.9. The SMILES string of the molecule is CCCN(Cc1cnc(Cl)cn1)C1CCNCC1. The lowest BCUT2D eigenvalue weighted by Crippen LogP contribution is -2.43. The molecule has 0 amide bonds. The van der Waals surface area contributed by atoms with Gasteiger partial charge in [-0.15, -0.1) is 0 Å². The monoisotopic (exact) mass is 268 g/mol. The second-order valence-corrected chi connectivity index (χ2v) is 5.17. The molecular formula is C13H21ClN4. The first-order valence-electron chi connectivity index (χ1n) is 6.70. The van der Waals surface area contributed by atoms with Crippen LogP contribution in [0.5, 0.6) is 0 Å². The Labute approximate surface area is 114 Å². The summed E-state index contributed by atoms with van der Waals surface area (Å²) in [4.78, 5) is 11.0. The van der Waals surface area contributed by atoms with Crippen molar-refractivity contribution in [1.82, 2.24) is 20.2 Å². The van der Waals surface area contributed by atoms with Crippen molar-refractivity contribution in [3.63, 3.8) is 0 Å². The second-order valence-electron chi connectivity index (χ2n) is 4.78. The Morgan fingerprint density at radius 1 is 1.33 bits per heavy atom. The number of hydrogen-bond donors (Lipinski definition) is 1. The zero-order valence-corrected chi connectivity index (χ0v) is 11.7. The Balaban J connectivity index is 1.98. The smallest absolute Gasteiger partial charge is 0.147 e. The third-order valence-electron chi connectivity index (χ3n) is 3.37. The minimum absolute atomic E-state index is 0.461. The van der Waals surface area contributed by atoms with E-state index >= 15 is 0 Å². The molecule has 1 aliphatic rings. The topological polar surface area (TPSA) is 41.1 Å². The molecule has 1 fully saturated rings. The molecule has 1 N–H and O–H groups in total. The lowest BCUT2D eigenvalue weighted by atomic mass is 10.0. The molecule has 2 rings (SSSR count). The fraction of sp³-hybridized carbons (Fsp3) is 0.692. The largest absolute Gasteiger partial charge is 0.317 e. The highest BCUT2D eigenvalue weighted by Crippen LogP contribution is 2.15. The average molecular weight is 269 g/mol. The van der Waals surface area contributed by atoms with Crippen LogP contribution in [0.1, 0.15) is 31.9 Å². The predicted molar refractivity (Wildman–Crippen MR) is 73.6 cm³/mol. The van der Waals surface area contributed by atoms with Crippen molar-refractivity contribution in [1.29, 1.82) is 0 Å². The van der Waals surface area contributed by atoms with Gasteiger partial charge >= 0.3 is 0 Å². The van der Waals surface area contributed by atoms with E-state index in [1.54, 1.807) is 12.4 Å². The van der Waals surface area contributed by atoms with E-state index in [4.69, 9.17) is 11.6 Å². The molecule has 0 unspecified atom stereocenters. The number of nitrogens with one attached hydrogen (secondary N) is 1. The third kappa shape index (κ3) is 3.90. The average Bonchev–Trinajstić information content (AvgIpc) is 2.42. The van der Waals surface area contributed by atoms with Gasteiger partial charge in [0.15, 0.2) is 0 Å². The van der Waals surface area contributed by atoms with E-state index in [1.807, 2.05) is 0 Å². The minimum Gasteiger partial charge on any atom is -0.317 e. The summed E-state index contributed by atoms with van der Waals surface area (Å²) in [7, 11) is 0. The Morgan fingerprint density at radius 3 is 2.72 bits per heavy atom. The van der Waals surface area contributed by atoms with E-state index in [0.29, 0.717) is 11.2 Å². The number of halogens is 1. The molecule has 0 aliphatic carbocycles. The van der Waals surface area contributed by atoms with Gasteiger partial charge in [-0.05, 0) is 38.9 Å². The van der Waals surface area contributed by atoms with Crippen LogP contribution in [0.4, 0.5) is 0 Å². The van der Waals surface area contributed by atoms with Crippen LogP contribution in [0.2, 0.25) is 5.15 Å². The first-order valence-corrected chi connectivity index (χ1v) is 7.08. The van der Waals surface area contributed by atoms with Crippen LogP contribution in [-0.4, -0.2) is 40.5 Å². The maximum atomic E-state index is 5.76. The van der Waals surface area contributed by atoms with Gasteiger partial charge in [0, 0.05) is 12.6 Å². The minimum atomic E-state index is 0.461. The lowest BCUT2D eigenvalue weighted by molar-refractivity contribution is 0.152. The van der Waals surface area contributed by atoms with Crippen molar-refractivity contribution in [3.05, 3.63) is 23.2 Å². The van der Waals surface area contributed by atoms with Gasteiger partial charge in [0.25, 0.3) is 0 Å². The van der Waals surface area contributed by atoms with Crippen molar-refractivity contribution in [2.24, 2.45) is 0 Å². The van der Waals surface area contributed by atoms with Crippen LogP contribution in [-0.2, 0) is 6.54 Å². The maximum Gasteiger partial charge on any atom is 0.147 e. The van der Waals surface area contributed by atoms with Gasteiger partial charge in [-0.25, -0.2) is 4.98 Å². The highest BCUT2D eigenvalue weighted by Gasteiger charge is 2.20. The fourth-order valence-corrected chi connectivity index (χ4v) is 2.58. The van der Waals surface area contributed by atoms with Crippen LogP contribution in [0.25, 0.3) is 0 Å². The van der Waals surface area contributed by atoms with E-state index < -0.39 is 0 Å². The summed E-state index contributed by atoms with van der Waals surface area (Å²) in [6.45, 7) is 6.47. The van der Waals surface area contributed by atoms with Crippen LogP contribution in [0.15, 0.2) is 12.4 Å². The van der Waals surface area contributed by atoms with Crippen molar-refractivity contribution in [3.8, 4) is 0 Å². The molecule has 4 nitrogen and oxygen atoms in total. The van der Waals surface area contributed by atoms with Crippen molar-refractivity contribution < 1.29 is 0 Å². The van der Waals surface area contributed by atoms with E-state index in [2.05, 4.69) is 27.1 Å². The molecule has 0 bridgehead atoms. The standard InChI is InChI=1S/C13H21ClN4/c1-2-7-18(12-3-5-15-6-4-12)10-11-8-17-13(14)9-16-11/h8-9,12,15H,2-7,10H2,1H3. The third-order valence-corrected chi connectivity index (χ3v) is 3.57. The maximum absolute atomic E-state index is 5.76. The molecule has 18 heavy (non-hydrogen) atoms. The second kappa shape index (κ2) is 7.02. The number of aromatic nitrogens is 2. The summed E-state index contributed by atoms with van der Waals surface area (Å²) in [6, 6.07) is 0.670. The summed E-state index contributed by atoms with van der Waals surface area (Å²) in [6.07, 6.45) is 7.03. The van der Waals surface area contributed by atoms with Gasteiger partial charge in [-0.3, -0.25) is 9.88 Å². The summed E-state index contributed by atoms with van der Waals surface area (Å²) in [5, 5.41) is 3.87. The summed E-state index contributed by atoms with van der Waals surface area (Å²) in [5.74, 6) is 0. The quantitative estimate of drug-likeness (QED) is 0.888. The summed E-state index contributed by atoms with van der Waals surface area (Å²) < 4.78 is 0. The molecule has 1 aromatic heterocycles. The predicted octanol–water partition coefficient (Wildman–Crippen LogP) is 2.09. The van der Waals surface area contributed by atoms with Gasteiger partial charge in [0.1, 0.15) is 5.15 Å². The Kier molecular flexibility index (Phi) is 5.35. The molecule has 0 spiro atoms. The molecule has 1 aromatic rings. The van der Waals surface area contributed by atoms with Gasteiger partial charge in [0.05, 0.1) is 18.1 Å². The normalized spacial score (nSPS) is 17.3. The molecule has 1 aliphatic heterocycles. The van der Waals surface area contributed by atoms with Crippen molar-refractivity contribution in [2.75, 3.05) is 19.6 Å². The molecule has 1 saturated heterocycles. The first kappa shape index (κ1) is 13.7. The molecule has 0 radical (unpaired) electrons. The van der Waals surface area contributed by atoms with Crippen LogP contribution >= 0.6 is 11.6 Å². The highest BCUT2D eigenvalue weighted by atomic mass is 35.5. The highest BCUT2D eigenvalue weighted by molar-refractivity contribution is 6.29. The van der Waals surface area contributed by atoms with Gasteiger partial charge in [0.2, 0.25) is 0 Å². The molecule has 2 heterocycles. The molecule has 5 heteroatoms. The lowest BCUT2D eigenvalue weighted by Gasteiger charge is -2.34. The Hall–Kier alpha value is -0.710. The van der Waals surface area contributed by atoms with Crippen LogP contribution in [0.3, 0.4) is 0 Å². The number of hydrogen-bond acceptors (Lipinski definition) is 4. The number of rotatable bonds is 5. The molecule has 100 valence electrons. The number of nitrogens with zero attached hydrogens (tertiary/aromatic N) is 3. The van der Waals surface area contributed by atoms with E-state index in [-0.39, 0.29) is 0 Å². The summed E-state index contributed by atoms with van der Waals surface area (Å²) >= 11 is 5.76. The zero-order chi connectivity index (χ0) is 12.8. The Bertz CT molecular complexity index is 349. The Morgan fingerprint density at radius 2 is 2.11 bits per heavy atom. The molecule has 0 aromatic carbocycles. The first-order chi connectivity index (χ1) is 8.79. The van der Waals surface area contributed by atoms with E-state index in [9.17, 15) is 0 Å². The van der Waals surface area contributed by atoms with Crippen LogP contribution < -0.4 is 5.32 Å².